The van der Waals surface area contributed by atoms with E-state index in [2.05, 4.69) is 11.9 Å². The highest BCUT2D eigenvalue weighted by Gasteiger charge is 2.41. The van der Waals surface area contributed by atoms with Crippen LogP contribution < -0.4 is 14.2 Å². The number of carbonyl (C=O) groups excluding carboxylic acids is 2. The van der Waals surface area contributed by atoms with Crippen molar-refractivity contribution in [3.63, 3.8) is 0 Å². The van der Waals surface area contributed by atoms with Crippen molar-refractivity contribution in [3.05, 3.63) is 70.3 Å². The molecule has 1 aliphatic rings. The number of esters is 2. The van der Waals surface area contributed by atoms with Crippen LogP contribution in [0.4, 0.5) is 0 Å². The van der Waals surface area contributed by atoms with Crippen molar-refractivity contribution >= 4 is 11.9 Å². The summed E-state index contributed by atoms with van der Waals surface area (Å²) in [7, 11) is 4.57. The fourth-order valence-electron chi connectivity index (χ4n) is 4.97. The van der Waals surface area contributed by atoms with Crippen LogP contribution in [0.25, 0.3) is 0 Å². The molecule has 1 aromatic heterocycles. The minimum absolute atomic E-state index is 0.140. The number of benzene rings is 1. The molecule has 9 nitrogen and oxygen atoms in total. The van der Waals surface area contributed by atoms with E-state index < -0.39 is 17.9 Å². The van der Waals surface area contributed by atoms with Crippen molar-refractivity contribution in [1.29, 1.82) is 0 Å². The molecular weight excluding hydrogens is 512 g/mol. The lowest BCUT2D eigenvalue weighted by Gasteiger charge is -2.38. The minimum Gasteiger partial charge on any atom is -0.493 e. The second-order valence-electron chi connectivity index (χ2n) is 9.32. The Balaban J connectivity index is 2.18. The van der Waals surface area contributed by atoms with Crippen LogP contribution in [0.3, 0.4) is 0 Å². The maximum atomic E-state index is 13.9. The predicted octanol–water partition coefficient (Wildman–Crippen LogP) is 5.20. The van der Waals surface area contributed by atoms with Crippen molar-refractivity contribution in [1.82, 2.24) is 9.88 Å². The SMILES string of the molecule is CCCCN1C(C)=C(C(=O)OCC)C(c2cc(OC)c(OC)c(OC)c2)C(C(=O)OCCc2ccccn2)=C1C. The lowest BCUT2D eigenvalue weighted by Crippen LogP contribution is -2.36. The van der Waals surface area contributed by atoms with Crippen LogP contribution in [-0.2, 0) is 25.5 Å². The number of aromatic nitrogens is 1. The van der Waals surface area contributed by atoms with Crippen LogP contribution in [0.1, 0.15) is 57.7 Å². The number of allylic oxidation sites excluding steroid dienone is 2. The Labute approximate surface area is 236 Å². The number of unbranched alkanes of at least 4 members (excludes halogenated alkanes) is 1. The number of nitrogens with zero attached hydrogens (tertiary/aromatic N) is 2. The third kappa shape index (κ3) is 6.58. The second-order valence-corrected chi connectivity index (χ2v) is 9.32. The number of hydrogen-bond donors (Lipinski definition) is 0. The van der Waals surface area contributed by atoms with Gasteiger partial charge in [0.25, 0.3) is 0 Å². The van der Waals surface area contributed by atoms with E-state index in [1.54, 1.807) is 25.3 Å². The lowest BCUT2D eigenvalue weighted by atomic mass is 9.79. The quantitative estimate of drug-likeness (QED) is 0.311. The van der Waals surface area contributed by atoms with Gasteiger partial charge in [-0.2, -0.15) is 0 Å². The number of hydrogen-bond acceptors (Lipinski definition) is 9. The Morgan fingerprint density at radius 2 is 1.52 bits per heavy atom. The van der Waals surface area contributed by atoms with Crippen LogP contribution in [0.2, 0.25) is 0 Å². The topological polar surface area (TPSA) is 96.4 Å². The highest BCUT2D eigenvalue weighted by molar-refractivity contribution is 6.00. The molecule has 1 atom stereocenters. The molecule has 0 saturated carbocycles. The van der Waals surface area contributed by atoms with Crippen molar-refractivity contribution in [2.45, 2.75) is 52.9 Å². The van der Waals surface area contributed by atoms with E-state index >= 15 is 0 Å². The molecule has 3 rings (SSSR count). The number of carbonyl (C=O) groups is 2. The van der Waals surface area contributed by atoms with Gasteiger partial charge in [-0.3, -0.25) is 4.98 Å². The van der Waals surface area contributed by atoms with Crippen LogP contribution in [-0.4, -0.2) is 62.9 Å². The summed E-state index contributed by atoms with van der Waals surface area (Å²) < 4.78 is 28.1. The second kappa shape index (κ2) is 14.4. The summed E-state index contributed by atoms with van der Waals surface area (Å²) in [5.41, 5.74) is 3.62. The molecule has 2 aromatic rings. The molecule has 1 unspecified atom stereocenters. The lowest BCUT2D eigenvalue weighted by molar-refractivity contribution is -0.140. The third-order valence-electron chi connectivity index (χ3n) is 6.96. The molecule has 0 saturated heterocycles. The Kier molecular flexibility index (Phi) is 11.0. The number of pyridine rings is 1. The molecule has 2 heterocycles. The van der Waals surface area contributed by atoms with Crippen molar-refractivity contribution in [2.75, 3.05) is 41.1 Å². The van der Waals surface area contributed by atoms with Gasteiger partial charge in [-0.25, -0.2) is 9.59 Å². The van der Waals surface area contributed by atoms with E-state index in [1.165, 1.54) is 21.3 Å². The maximum Gasteiger partial charge on any atom is 0.336 e. The molecule has 0 N–H and O–H groups in total. The van der Waals surface area contributed by atoms with Gasteiger partial charge in [-0.15, -0.1) is 0 Å². The van der Waals surface area contributed by atoms with Gasteiger partial charge >= 0.3 is 11.9 Å². The summed E-state index contributed by atoms with van der Waals surface area (Å²) in [6.45, 7) is 8.61. The molecule has 0 bridgehead atoms. The Morgan fingerprint density at radius 3 is 2.02 bits per heavy atom. The molecule has 40 heavy (non-hydrogen) atoms. The molecule has 0 radical (unpaired) electrons. The summed E-state index contributed by atoms with van der Waals surface area (Å²) >= 11 is 0. The number of methoxy groups -OCH3 is 3. The van der Waals surface area contributed by atoms with Crippen molar-refractivity contribution in [2.24, 2.45) is 0 Å². The zero-order valence-electron chi connectivity index (χ0n) is 24.5. The van der Waals surface area contributed by atoms with Crippen LogP contribution in [0.15, 0.2) is 59.1 Å². The maximum absolute atomic E-state index is 13.9. The largest absolute Gasteiger partial charge is 0.493 e. The van der Waals surface area contributed by atoms with E-state index in [4.69, 9.17) is 23.7 Å². The predicted molar refractivity (Wildman–Crippen MR) is 151 cm³/mol. The third-order valence-corrected chi connectivity index (χ3v) is 6.96. The zero-order chi connectivity index (χ0) is 29.2. The molecular formula is C31H40N2O7. The summed E-state index contributed by atoms with van der Waals surface area (Å²) in [5, 5.41) is 0. The molecule has 0 fully saturated rings. The van der Waals surface area contributed by atoms with Gasteiger partial charge in [0.05, 0.1) is 51.6 Å². The van der Waals surface area contributed by atoms with Gasteiger partial charge in [0, 0.05) is 36.3 Å². The summed E-state index contributed by atoms with van der Waals surface area (Å²) in [5.74, 6) is -0.562. The van der Waals surface area contributed by atoms with Crippen molar-refractivity contribution in [3.8, 4) is 17.2 Å². The minimum atomic E-state index is -0.784. The van der Waals surface area contributed by atoms with Crippen molar-refractivity contribution < 1.29 is 33.3 Å². The average molecular weight is 553 g/mol. The molecule has 9 heteroatoms. The Morgan fingerprint density at radius 1 is 0.900 bits per heavy atom. The smallest absolute Gasteiger partial charge is 0.336 e. The molecule has 1 aromatic carbocycles. The molecule has 0 spiro atoms. The summed E-state index contributed by atoms with van der Waals surface area (Å²) in [6.07, 6.45) is 4.00. The standard InChI is InChI=1S/C31H40N2O7/c1-8-10-16-33-20(3)26(30(34)39-9-2)28(22-18-24(36-5)29(38-7)25(19-22)37-6)27(21(33)4)31(35)40-17-14-23-13-11-12-15-32-23/h11-13,15,18-19,28H,8-10,14,16-17H2,1-7H3. The van der Waals surface area contributed by atoms with Gasteiger partial charge in [-0.05, 0) is 57.0 Å². The average Bonchev–Trinajstić information content (AvgIpc) is 2.96. The molecule has 0 aliphatic carbocycles. The van der Waals surface area contributed by atoms with Crippen LogP contribution in [0.5, 0.6) is 17.2 Å². The van der Waals surface area contributed by atoms with E-state index in [1.807, 2.05) is 36.9 Å². The highest BCUT2D eigenvalue weighted by atomic mass is 16.5. The zero-order valence-corrected chi connectivity index (χ0v) is 24.5. The molecule has 216 valence electrons. The fourth-order valence-corrected chi connectivity index (χ4v) is 4.97. The van der Waals surface area contributed by atoms with Gasteiger partial charge in [0.2, 0.25) is 5.75 Å². The van der Waals surface area contributed by atoms with E-state index in [-0.39, 0.29) is 13.2 Å². The Hall–Kier alpha value is -4.01. The first kappa shape index (κ1) is 30.5. The van der Waals surface area contributed by atoms with Gasteiger partial charge in [-0.1, -0.05) is 19.4 Å². The Bertz CT molecular complexity index is 1230. The van der Waals surface area contributed by atoms with Gasteiger partial charge < -0.3 is 28.6 Å². The summed E-state index contributed by atoms with van der Waals surface area (Å²) in [4.78, 5) is 33.7. The van der Waals surface area contributed by atoms with E-state index in [0.717, 1.165) is 29.9 Å². The van der Waals surface area contributed by atoms with Crippen LogP contribution in [0, 0.1) is 0 Å². The highest BCUT2D eigenvalue weighted by Crippen LogP contribution is 2.47. The number of rotatable bonds is 13. The monoisotopic (exact) mass is 552 g/mol. The first-order valence-electron chi connectivity index (χ1n) is 13.6. The first-order valence-corrected chi connectivity index (χ1v) is 13.6. The van der Waals surface area contributed by atoms with Gasteiger partial charge in [0.1, 0.15) is 0 Å². The summed E-state index contributed by atoms with van der Waals surface area (Å²) in [6, 6.07) is 9.13. The first-order chi connectivity index (χ1) is 19.3. The molecule has 0 amide bonds. The van der Waals surface area contributed by atoms with Gasteiger partial charge in [0.15, 0.2) is 11.5 Å². The normalized spacial score (nSPS) is 15.2. The number of ether oxygens (including phenoxy) is 5. The molecule has 1 aliphatic heterocycles. The van der Waals surface area contributed by atoms with Crippen LogP contribution >= 0.6 is 0 Å². The van der Waals surface area contributed by atoms with E-state index in [0.29, 0.717) is 46.9 Å². The van der Waals surface area contributed by atoms with E-state index in [9.17, 15) is 9.59 Å². The fraction of sp³-hybridized carbons (Fsp3) is 0.452.